The number of ether oxygens (including phenoxy) is 2. The fraction of sp³-hybridized carbons (Fsp3) is 0.174. The van der Waals surface area contributed by atoms with Crippen molar-refractivity contribution in [3.63, 3.8) is 0 Å². The second kappa shape index (κ2) is 9.99. The van der Waals surface area contributed by atoms with Crippen molar-refractivity contribution in [2.45, 2.75) is 11.3 Å². The van der Waals surface area contributed by atoms with Gasteiger partial charge in [0, 0.05) is 23.9 Å². The zero-order chi connectivity index (χ0) is 22.3. The van der Waals surface area contributed by atoms with Crippen molar-refractivity contribution in [2.75, 3.05) is 25.5 Å². The van der Waals surface area contributed by atoms with Crippen molar-refractivity contribution in [1.82, 2.24) is 5.32 Å². The van der Waals surface area contributed by atoms with Crippen molar-refractivity contribution in [3.05, 3.63) is 83.9 Å². The van der Waals surface area contributed by atoms with Crippen LogP contribution in [0.5, 0.6) is 11.5 Å². The van der Waals surface area contributed by atoms with Gasteiger partial charge in [-0.05, 0) is 48.4 Å². The number of anilines is 1. The van der Waals surface area contributed by atoms with Crippen LogP contribution in [-0.2, 0) is 16.4 Å². The Morgan fingerprint density at radius 2 is 1.55 bits per heavy atom. The third kappa shape index (κ3) is 5.76. The highest BCUT2D eigenvalue weighted by Crippen LogP contribution is 2.30. The van der Waals surface area contributed by atoms with Crippen LogP contribution in [0.4, 0.5) is 5.69 Å². The molecule has 0 fully saturated rings. The van der Waals surface area contributed by atoms with E-state index in [1.807, 2.05) is 30.3 Å². The van der Waals surface area contributed by atoms with E-state index < -0.39 is 10.0 Å². The second-order valence-electron chi connectivity index (χ2n) is 6.69. The number of carbonyl (C=O) groups excluding carboxylic acids is 1. The molecule has 162 valence electrons. The van der Waals surface area contributed by atoms with Crippen LogP contribution >= 0.6 is 0 Å². The molecule has 0 aliphatic heterocycles. The van der Waals surface area contributed by atoms with Crippen LogP contribution in [0.2, 0.25) is 0 Å². The highest BCUT2D eigenvalue weighted by Gasteiger charge is 2.17. The van der Waals surface area contributed by atoms with Gasteiger partial charge < -0.3 is 14.8 Å². The van der Waals surface area contributed by atoms with Gasteiger partial charge in [-0.3, -0.25) is 9.52 Å². The fourth-order valence-electron chi connectivity index (χ4n) is 2.95. The van der Waals surface area contributed by atoms with Crippen molar-refractivity contribution < 1.29 is 22.7 Å². The molecular weight excluding hydrogens is 416 g/mol. The van der Waals surface area contributed by atoms with Crippen LogP contribution < -0.4 is 19.5 Å². The summed E-state index contributed by atoms with van der Waals surface area (Å²) in [5.74, 6) is 0.530. The zero-order valence-corrected chi connectivity index (χ0v) is 18.1. The molecule has 8 heteroatoms. The maximum absolute atomic E-state index is 12.7. The summed E-state index contributed by atoms with van der Waals surface area (Å²) in [6, 6.07) is 20.4. The zero-order valence-electron chi connectivity index (χ0n) is 17.3. The van der Waals surface area contributed by atoms with Gasteiger partial charge >= 0.3 is 0 Å². The van der Waals surface area contributed by atoms with E-state index in [-0.39, 0.29) is 10.8 Å². The molecule has 0 aliphatic carbocycles. The van der Waals surface area contributed by atoms with Crippen LogP contribution in [0.3, 0.4) is 0 Å². The van der Waals surface area contributed by atoms with Crippen molar-refractivity contribution in [2.24, 2.45) is 0 Å². The molecular formula is C23H24N2O5S. The Hall–Kier alpha value is -3.52. The molecule has 3 aromatic rings. The van der Waals surface area contributed by atoms with Gasteiger partial charge in [-0.2, -0.15) is 0 Å². The Kier molecular flexibility index (Phi) is 7.15. The summed E-state index contributed by atoms with van der Waals surface area (Å²) in [5.41, 5.74) is 1.93. The molecule has 0 saturated heterocycles. The molecule has 1 amide bonds. The summed E-state index contributed by atoms with van der Waals surface area (Å²) in [4.78, 5) is 12.3. The number of hydrogen-bond acceptors (Lipinski definition) is 5. The first-order valence-electron chi connectivity index (χ1n) is 9.60. The SMILES string of the molecule is COc1ccc(S(=O)(=O)Nc2ccc(C(=O)NCCc3ccccc3)cc2)cc1OC. The quantitative estimate of drug-likeness (QED) is 0.531. The monoisotopic (exact) mass is 440 g/mol. The minimum atomic E-state index is -3.83. The van der Waals surface area contributed by atoms with Crippen LogP contribution in [0.15, 0.2) is 77.7 Å². The summed E-state index contributed by atoms with van der Waals surface area (Å²) in [7, 11) is -0.923. The summed E-state index contributed by atoms with van der Waals surface area (Å²) in [5, 5.41) is 2.86. The van der Waals surface area contributed by atoms with Gasteiger partial charge in [-0.15, -0.1) is 0 Å². The molecule has 0 spiro atoms. The van der Waals surface area contributed by atoms with Crippen molar-refractivity contribution >= 4 is 21.6 Å². The molecule has 7 nitrogen and oxygen atoms in total. The molecule has 2 N–H and O–H groups in total. The van der Waals surface area contributed by atoms with Gasteiger partial charge in [0.25, 0.3) is 15.9 Å². The molecule has 0 atom stereocenters. The smallest absolute Gasteiger partial charge is 0.262 e. The number of rotatable bonds is 9. The first-order chi connectivity index (χ1) is 14.9. The largest absolute Gasteiger partial charge is 0.493 e. The first-order valence-corrected chi connectivity index (χ1v) is 11.1. The number of benzene rings is 3. The van der Waals surface area contributed by atoms with E-state index in [9.17, 15) is 13.2 Å². The predicted molar refractivity (Wildman–Crippen MR) is 119 cm³/mol. The topological polar surface area (TPSA) is 93.7 Å². The summed E-state index contributed by atoms with van der Waals surface area (Å²) in [6.07, 6.45) is 0.732. The summed E-state index contributed by atoms with van der Waals surface area (Å²) < 4.78 is 38.1. The highest BCUT2D eigenvalue weighted by molar-refractivity contribution is 7.92. The number of nitrogens with one attached hydrogen (secondary N) is 2. The molecule has 3 rings (SSSR count). The number of amides is 1. The van der Waals surface area contributed by atoms with E-state index in [0.717, 1.165) is 12.0 Å². The maximum atomic E-state index is 12.7. The number of carbonyl (C=O) groups is 1. The molecule has 0 unspecified atom stereocenters. The number of sulfonamides is 1. The lowest BCUT2D eigenvalue weighted by atomic mass is 10.1. The number of hydrogen-bond donors (Lipinski definition) is 2. The Labute approximate surface area is 182 Å². The molecule has 31 heavy (non-hydrogen) atoms. The maximum Gasteiger partial charge on any atom is 0.262 e. The Balaban J connectivity index is 1.62. The van der Waals surface area contributed by atoms with E-state index in [0.29, 0.717) is 29.3 Å². The van der Waals surface area contributed by atoms with E-state index in [2.05, 4.69) is 10.0 Å². The highest BCUT2D eigenvalue weighted by atomic mass is 32.2. The minimum absolute atomic E-state index is 0.0351. The Morgan fingerprint density at radius 3 is 2.19 bits per heavy atom. The molecule has 0 aliphatic rings. The first kappa shape index (κ1) is 22.2. The normalized spacial score (nSPS) is 10.9. The van der Waals surface area contributed by atoms with Gasteiger partial charge in [0.15, 0.2) is 11.5 Å². The van der Waals surface area contributed by atoms with E-state index in [1.165, 1.54) is 32.4 Å². The third-order valence-electron chi connectivity index (χ3n) is 4.61. The van der Waals surface area contributed by atoms with E-state index in [4.69, 9.17) is 9.47 Å². The Bertz CT molecular complexity index is 1130. The molecule has 0 saturated carbocycles. The molecule has 0 radical (unpaired) electrons. The third-order valence-corrected chi connectivity index (χ3v) is 5.99. The molecule has 0 bridgehead atoms. The average molecular weight is 441 g/mol. The fourth-order valence-corrected chi connectivity index (χ4v) is 4.03. The van der Waals surface area contributed by atoms with Gasteiger partial charge in [0.05, 0.1) is 19.1 Å². The molecule has 0 aromatic heterocycles. The van der Waals surface area contributed by atoms with E-state index in [1.54, 1.807) is 24.3 Å². The van der Waals surface area contributed by atoms with Crippen LogP contribution in [0.25, 0.3) is 0 Å². The lowest BCUT2D eigenvalue weighted by Gasteiger charge is -2.12. The lowest BCUT2D eigenvalue weighted by molar-refractivity contribution is 0.0954. The van der Waals surface area contributed by atoms with Gasteiger partial charge in [-0.1, -0.05) is 30.3 Å². The predicted octanol–water partition coefficient (Wildman–Crippen LogP) is 3.48. The second-order valence-corrected chi connectivity index (χ2v) is 8.37. The summed E-state index contributed by atoms with van der Waals surface area (Å²) >= 11 is 0. The lowest BCUT2D eigenvalue weighted by Crippen LogP contribution is -2.25. The Morgan fingerprint density at radius 1 is 0.871 bits per heavy atom. The van der Waals surface area contributed by atoms with Crippen LogP contribution in [0.1, 0.15) is 15.9 Å². The van der Waals surface area contributed by atoms with Crippen LogP contribution in [-0.4, -0.2) is 35.1 Å². The van der Waals surface area contributed by atoms with E-state index >= 15 is 0 Å². The molecule has 0 heterocycles. The minimum Gasteiger partial charge on any atom is -0.493 e. The standard InChI is InChI=1S/C23H24N2O5S/c1-29-21-13-12-20(16-22(21)30-2)31(27,28)25-19-10-8-18(9-11-19)23(26)24-15-14-17-6-4-3-5-7-17/h3-13,16,25H,14-15H2,1-2H3,(H,24,26). The summed E-state index contributed by atoms with van der Waals surface area (Å²) in [6.45, 7) is 0.510. The van der Waals surface area contributed by atoms with Gasteiger partial charge in [0.2, 0.25) is 0 Å². The van der Waals surface area contributed by atoms with Crippen molar-refractivity contribution in [1.29, 1.82) is 0 Å². The van der Waals surface area contributed by atoms with Gasteiger partial charge in [-0.25, -0.2) is 8.42 Å². The molecule has 3 aromatic carbocycles. The van der Waals surface area contributed by atoms with Crippen LogP contribution in [0, 0.1) is 0 Å². The average Bonchev–Trinajstić information content (AvgIpc) is 2.79. The van der Waals surface area contributed by atoms with Crippen molar-refractivity contribution in [3.8, 4) is 11.5 Å². The van der Waals surface area contributed by atoms with Gasteiger partial charge in [0.1, 0.15) is 0 Å². The number of methoxy groups -OCH3 is 2.